The Morgan fingerprint density at radius 1 is 1.40 bits per heavy atom. The van der Waals surface area contributed by atoms with Gasteiger partial charge in [0.05, 0.1) is 6.61 Å². The Morgan fingerprint density at radius 3 is 2.60 bits per heavy atom. The summed E-state index contributed by atoms with van der Waals surface area (Å²) in [5.74, 6) is 0. The van der Waals surface area contributed by atoms with Crippen LogP contribution in [0.3, 0.4) is 0 Å². The molecule has 15 heavy (non-hydrogen) atoms. The number of nitrogens with zero attached hydrogens (tertiary/aromatic N) is 1. The van der Waals surface area contributed by atoms with Crippen LogP contribution in [0.1, 0.15) is 20.8 Å². The third-order valence-electron chi connectivity index (χ3n) is 1.26. The average molecular weight is 214 g/mol. The minimum absolute atomic E-state index is 0.354. The van der Waals surface area contributed by atoms with Gasteiger partial charge in [0.25, 0.3) is 0 Å². The van der Waals surface area contributed by atoms with Gasteiger partial charge in [-0.15, -0.1) is 0 Å². The topological polar surface area (TPSA) is 51.9 Å². The summed E-state index contributed by atoms with van der Waals surface area (Å²) in [6.07, 6.45) is -0.448. The normalized spacial score (nSPS) is 10.5. The van der Waals surface area contributed by atoms with Crippen LogP contribution in [0.2, 0.25) is 0 Å². The molecule has 0 aromatic rings. The van der Waals surface area contributed by atoms with E-state index in [0.717, 1.165) is 0 Å². The molecule has 0 rings (SSSR count). The van der Waals surface area contributed by atoms with E-state index in [1.807, 2.05) is 0 Å². The van der Waals surface area contributed by atoms with Gasteiger partial charge in [-0.05, 0) is 20.8 Å². The Morgan fingerprint density at radius 2 is 2.07 bits per heavy atom. The average Bonchev–Trinajstić information content (AvgIpc) is 2.08. The van der Waals surface area contributed by atoms with Crippen LogP contribution in [0, 0.1) is 6.57 Å². The summed E-state index contributed by atoms with van der Waals surface area (Å²) >= 11 is 0. The lowest BCUT2D eigenvalue weighted by atomic mass is 10.2. The lowest BCUT2D eigenvalue weighted by Crippen LogP contribution is -2.34. The van der Waals surface area contributed by atoms with Gasteiger partial charge in [-0.25, -0.2) is 11.4 Å². The number of ether oxygens (including phenoxy) is 2. The highest BCUT2D eigenvalue weighted by Crippen LogP contribution is 2.05. The molecule has 0 aliphatic carbocycles. The highest BCUT2D eigenvalue weighted by molar-refractivity contribution is 5.67. The minimum atomic E-state index is -0.477. The highest BCUT2D eigenvalue weighted by Gasteiger charge is 2.15. The van der Waals surface area contributed by atoms with E-state index in [2.05, 4.69) is 10.2 Å². The van der Waals surface area contributed by atoms with Crippen LogP contribution in [-0.2, 0) is 9.47 Å². The number of amides is 1. The summed E-state index contributed by atoms with van der Waals surface area (Å²) in [6.45, 7) is 13.5. The minimum Gasteiger partial charge on any atom is -0.444 e. The Bertz CT molecular complexity index is 228. The van der Waals surface area contributed by atoms with E-state index in [1.165, 1.54) is 0 Å². The molecule has 0 fully saturated rings. The second-order valence-electron chi connectivity index (χ2n) is 3.92. The molecule has 0 aliphatic heterocycles. The smallest absolute Gasteiger partial charge is 0.407 e. The number of carbonyl (C=O) groups is 1. The van der Waals surface area contributed by atoms with Crippen molar-refractivity contribution >= 4 is 6.09 Å². The Labute approximate surface area is 90.6 Å². The Hall–Kier alpha value is -1.28. The largest absolute Gasteiger partial charge is 0.444 e. The maximum Gasteiger partial charge on any atom is 0.407 e. The van der Waals surface area contributed by atoms with Gasteiger partial charge < -0.3 is 19.6 Å². The lowest BCUT2D eigenvalue weighted by molar-refractivity contribution is 0.0502. The fraction of sp³-hybridized carbons (Fsp3) is 0.800. The van der Waals surface area contributed by atoms with E-state index < -0.39 is 11.7 Å². The summed E-state index contributed by atoms with van der Waals surface area (Å²) < 4.78 is 10.1. The van der Waals surface area contributed by atoms with Crippen molar-refractivity contribution in [2.24, 2.45) is 0 Å². The summed E-state index contributed by atoms with van der Waals surface area (Å²) in [7, 11) is 0. The lowest BCUT2D eigenvalue weighted by Gasteiger charge is -2.19. The Kier molecular flexibility index (Phi) is 6.47. The standard InChI is InChI=1S/C10H18N2O3/c1-10(2,3)15-9(13)12-6-8-14-7-5-11-4/h5-8H2,1-3H3,(H,12,13). The first kappa shape index (κ1) is 13.7. The molecule has 0 atom stereocenters. The van der Waals surface area contributed by atoms with Crippen molar-refractivity contribution in [1.82, 2.24) is 5.32 Å². The van der Waals surface area contributed by atoms with Crippen molar-refractivity contribution in [2.75, 3.05) is 26.3 Å². The fourth-order valence-electron chi connectivity index (χ4n) is 0.752. The molecule has 0 radical (unpaired) electrons. The van der Waals surface area contributed by atoms with Gasteiger partial charge in [-0.1, -0.05) is 0 Å². The molecule has 1 amide bonds. The van der Waals surface area contributed by atoms with Gasteiger partial charge >= 0.3 is 6.09 Å². The molecule has 5 heteroatoms. The SMILES string of the molecule is [C-]#[N+]CCOCCNC(=O)OC(C)(C)C. The van der Waals surface area contributed by atoms with E-state index in [-0.39, 0.29) is 0 Å². The summed E-state index contributed by atoms with van der Waals surface area (Å²) in [5.41, 5.74) is -0.477. The predicted octanol–water partition coefficient (Wildman–Crippen LogP) is 1.45. The fourth-order valence-corrected chi connectivity index (χ4v) is 0.752. The molecule has 86 valence electrons. The third kappa shape index (κ3) is 10.6. The molecule has 0 aromatic heterocycles. The maximum absolute atomic E-state index is 11.1. The molecule has 0 saturated carbocycles. The second kappa shape index (κ2) is 7.07. The summed E-state index contributed by atoms with van der Waals surface area (Å²) in [5, 5.41) is 2.55. The Balaban J connectivity index is 3.37. The van der Waals surface area contributed by atoms with Crippen LogP contribution < -0.4 is 5.32 Å². The van der Waals surface area contributed by atoms with Crippen LogP contribution in [0.15, 0.2) is 0 Å². The molecule has 0 bridgehead atoms. The maximum atomic E-state index is 11.1. The molecule has 0 saturated heterocycles. The van der Waals surface area contributed by atoms with Crippen molar-refractivity contribution in [3.63, 3.8) is 0 Å². The molecule has 0 heterocycles. The predicted molar refractivity (Wildman–Crippen MR) is 56.5 cm³/mol. The first-order valence-corrected chi connectivity index (χ1v) is 4.83. The van der Waals surface area contributed by atoms with E-state index in [9.17, 15) is 4.79 Å². The van der Waals surface area contributed by atoms with Crippen LogP contribution >= 0.6 is 0 Å². The number of rotatable bonds is 5. The van der Waals surface area contributed by atoms with Crippen molar-refractivity contribution < 1.29 is 14.3 Å². The van der Waals surface area contributed by atoms with Crippen LogP contribution in [0.5, 0.6) is 0 Å². The molecule has 0 unspecified atom stereocenters. The quantitative estimate of drug-likeness (QED) is 0.556. The number of hydrogen-bond donors (Lipinski definition) is 1. The number of alkyl carbamates (subject to hydrolysis) is 1. The molecular formula is C10H18N2O3. The second-order valence-corrected chi connectivity index (χ2v) is 3.92. The highest BCUT2D eigenvalue weighted by atomic mass is 16.6. The van der Waals surface area contributed by atoms with E-state index >= 15 is 0 Å². The zero-order valence-electron chi connectivity index (χ0n) is 9.50. The zero-order chi connectivity index (χ0) is 11.7. The van der Waals surface area contributed by atoms with E-state index in [0.29, 0.717) is 26.3 Å². The molecule has 0 spiro atoms. The van der Waals surface area contributed by atoms with Gasteiger partial charge in [0, 0.05) is 6.54 Å². The molecule has 0 aliphatic rings. The van der Waals surface area contributed by atoms with Crippen molar-refractivity contribution in [3.05, 3.63) is 11.4 Å². The first-order valence-electron chi connectivity index (χ1n) is 4.83. The van der Waals surface area contributed by atoms with Crippen LogP contribution in [0.25, 0.3) is 4.85 Å². The van der Waals surface area contributed by atoms with Crippen LogP contribution in [-0.4, -0.2) is 38.0 Å². The number of carbonyl (C=O) groups excluding carboxylic acids is 1. The van der Waals surface area contributed by atoms with Crippen molar-refractivity contribution in [2.45, 2.75) is 26.4 Å². The number of hydrogen-bond acceptors (Lipinski definition) is 3. The number of nitrogens with one attached hydrogen (secondary N) is 1. The van der Waals surface area contributed by atoms with E-state index in [4.69, 9.17) is 16.0 Å². The monoisotopic (exact) mass is 214 g/mol. The first-order chi connectivity index (χ1) is 6.95. The summed E-state index contributed by atoms with van der Waals surface area (Å²) in [6, 6.07) is 0. The third-order valence-corrected chi connectivity index (χ3v) is 1.26. The molecule has 1 N–H and O–H groups in total. The van der Waals surface area contributed by atoms with Gasteiger partial charge in [-0.3, -0.25) is 0 Å². The molecule has 5 nitrogen and oxygen atoms in total. The van der Waals surface area contributed by atoms with Crippen molar-refractivity contribution in [3.8, 4) is 0 Å². The molecule has 0 aromatic carbocycles. The van der Waals surface area contributed by atoms with Crippen LogP contribution in [0.4, 0.5) is 4.79 Å². The molecular weight excluding hydrogens is 196 g/mol. The zero-order valence-corrected chi connectivity index (χ0v) is 9.50. The van der Waals surface area contributed by atoms with Gasteiger partial charge in [0.1, 0.15) is 12.2 Å². The van der Waals surface area contributed by atoms with E-state index in [1.54, 1.807) is 20.8 Å². The van der Waals surface area contributed by atoms with Gasteiger partial charge in [-0.2, -0.15) is 0 Å². The van der Waals surface area contributed by atoms with Gasteiger partial charge in [0.2, 0.25) is 6.54 Å². The van der Waals surface area contributed by atoms with Crippen molar-refractivity contribution in [1.29, 1.82) is 0 Å². The van der Waals surface area contributed by atoms with Gasteiger partial charge in [0.15, 0.2) is 0 Å². The summed E-state index contributed by atoms with van der Waals surface area (Å²) in [4.78, 5) is 14.2.